The van der Waals surface area contributed by atoms with Crippen molar-refractivity contribution in [2.24, 2.45) is 0 Å². The molecule has 6 nitrogen and oxygen atoms in total. The molecule has 0 fully saturated rings. The molecule has 0 bridgehead atoms. The van der Waals surface area contributed by atoms with Gasteiger partial charge in [0.15, 0.2) is 0 Å². The van der Waals surface area contributed by atoms with Gasteiger partial charge in [-0.1, -0.05) is 29.8 Å². The minimum atomic E-state index is -0.399. The SMILES string of the molecule is Cc1cnn(Cc2cccc(Cl)c2)c1NC(=O)c1cccc(=O)[nH]1. The molecule has 0 radical (unpaired) electrons. The van der Waals surface area contributed by atoms with Gasteiger partial charge < -0.3 is 10.3 Å². The number of anilines is 1. The molecule has 0 atom stereocenters. The number of aromatic amines is 1. The highest BCUT2D eigenvalue weighted by Crippen LogP contribution is 2.18. The number of nitrogens with one attached hydrogen (secondary N) is 2. The van der Waals surface area contributed by atoms with Crippen LogP contribution in [0, 0.1) is 6.92 Å². The number of carbonyl (C=O) groups excluding carboxylic acids is 1. The largest absolute Gasteiger partial charge is 0.318 e. The molecule has 0 aliphatic rings. The number of hydrogen-bond donors (Lipinski definition) is 2. The van der Waals surface area contributed by atoms with E-state index >= 15 is 0 Å². The van der Waals surface area contributed by atoms with E-state index in [0.717, 1.165) is 11.1 Å². The summed E-state index contributed by atoms with van der Waals surface area (Å²) in [4.78, 5) is 26.2. The third kappa shape index (κ3) is 3.55. The number of H-pyrrole nitrogens is 1. The van der Waals surface area contributed by atoms with E-state index in [1.807, 2.05) is 25.1 Å². The molecule has 3 aromatic rings. The van der Waals surface area contributed by atoms with Crippen LogP contribution in [0.1, 0.15) is 21.6 Å². The first-order valence-corrected chi connectivity index (χ1v) is 7.68. The van der Waals surface area contributed by atoms with E-state index < -0.39 is 5.91 Å². The molecule has 0 spiro atoms. The van der Waals surface area contributed by atoms with Gasteiger partial charge in [-0.3, -0.25) is 9.59 Å². The van der Waals surface area contributed by atoms with Crippen LogP contribution in [0.4, 0.5) is 5.82 Å². The molecule has 0 aliphatic carbocycles. The van der Waals surface area contributed by atoms with E-state index in [9.17, 15) is 9.59 Å². The van der Waals surface area contributed by atoms with Crippen molar-refractivity contribution in [2.45, 2.75) is 13.5 Å². The second kappa shape index (κ2) is 6.72. The van der Waals surface area contributed by atoms with Gasteiger partial charge in [-0.2, -0.15) is 5.10 Å². The topological polar surface area (TPSA) is 79.8 Å². The minimum absolute atomic E-state index is 0.192. The first kappa shape index (κ1) is 16.0. The third-order valence-corrected chi connectivity index (χ3v) is 3.72. The molecule has 3 rings (SSSR count). The lowest BCUT2D eigenvalue weighted by Crippen LogP contribution is -2.20. The van der Waals surface area contributed by atoms with Crippen LogP contribution in [0.15, 0.2) is 53.5 Å². The van der Waals surface area contributed by atoms with E-state index in [1.54, 1.807) is 23.0 Å². The van der Waals surface area contributed by atoms with Crippen molar-refractivity contribution in [3.05, 3.63) is 80.9 Å². The smallest absolute Gasteiger partial charge is 0.273 e. The maximum absolute atomic E-state index is 12.3. The lowest BCUT2D eigenvalue weighted by Gasteiger charge is -2.10. The Morgan fingerprint density at radius 3 is 2.83 bits per heavy atom. The Morgan fingerprint density at radius 2 is 2.08 bits per heavy atom. The number of aromatic nitrogens is 3. The number of rotatable bonds is 4. The predicted molar refractivity (Wildman–Crippen MR) is 92.5 cm³/mol. The molecule has 1 amide bonds. The zero-order valence-electron chi connectivity index (χ0n) is 12.9. The van der Waals surface area contributed by atoms with Gasteiger partial charge in [0.05, 0.1) is 12.7 Å². The molecule has 7 heteroatoms. The molecule has 0 saturated carbocycles. The first-order chi connectivity index (χ1) is 11.5. The van der Waals surface area contributed by atoms with Crippen LogP contribution in [-0.2, 0) is 6.54 Å². The van der Waals surface area contributed by atoms with Crippen LogP contribution in [-0.4, -0.2) is 20.7 Å². The molecule has 0 saturated heterocycles. The van der Waals surface area contributed by atoms with Gasteiger partial charge in [-0.05, 0) is 30.7 Å². The Labute approximate surface area is 143 Å². The van der Waals surface area contributed by atoms with E-state index in [0.29, 0.717) is 17.4 Å². The molecular weight excluding hydrogens is 328 g/mol. The number of aryl methyl sites for hydroxylation is 1. The summed E-state index contributed by atoms with van der Waals surface area (Å²) >= 11 is 6.00. The fourth-order valence-corrected chi connectivity index (χ4v) is 2.54. The summed E-state index contributed by atoms with van der Waals surface area (Å²) in [6.07, 6.45) is 1.67. The Balaban J connectivity index is 1.85. The number of pyridine rings is 1. The van der Waals surface area contributed by atoms with E-state index in [-0.39, 0.29) is 11.3 Å². The van der Waals surface area contributed by atoms with E-state index in [1.165, 1.54) is 12.1 Å². The average molecular weight is 343 g/mol. The molecule has 1 aromatic carbocycles. The van der Waals surface area contributed by atoms with Gasteiger partial charge in [0.2, 0.25) is 5.56 Å². The predicted octanol–water partition coefficient (Wildman–Crippen LogP) is 2.83. The van der Waals surface area contributed by atoms with Crippen LogP contribution in [0.3, 0.4) is 0 Å². The molecule has 0 aliphatic heterocycles. The van der Waals surface area contributed by atoms with Crippen molar-refractivity contribution < 1.29 is 4.79 Å². The highest BCUT2D eigenvalue weighted by Gasteiger charge is 2.13. The molecule has 24 heavy (non-hydrogen) atoms. The number of benzene rings is 1. The number of amides is 1. The fourth-order valence-electron chi connectivity index (χ4n) is 2.33. The van der Waals surface area contributed by atoms with Crippen molar-refractivity contribution in [3.8, 4) is 0 Å². The molecule has 2 aromatic heterocycles. The Kier molecular flexibility index (Phi) is 4.48. The van der Waals surface area contributed by atoms with Gasteiger partial charge in [-0.25, -0.2) is 4.68 Å². The van der Waals surface area contributed by atoms with Gasteiger partial charge in [0.25, 0.3) is 5.91 Å². The van der Waals surface area contributed by atoms with Gasteiger partial charge in [0.1, 0.15) is 11.5 Å². The Morgan fingerprint density at radius 1 is 1.29 bits per heavy atom. The number of carbonyl (C=O) groups is 1. The zero-order valence-corrected chi connectivity index (χ0v) is 13.7. The van der Waals surface area contributed by atoms with Crippen LogP contribution in [0.2, 0.25) is 5.02 Å². The lowest BCUT2D eigenvalue weighted by atomic mass is 10.2. The normalized spacial score (nSPS) is 10.6. The number of halogens is 1. The maximum atomic E-state index is 12.3. The zero-order chi connectivity index (χ0) is 17.1. The second-order valence-corrected chi connectivity index (χ2v) is 5.78. The molecular formula is C17H15ClN4O2. The lowest BCUT2D eigenvalue weighted by molar-refractivity contribution is 0.102. The van der Waals surface area contributed by atoms with Crippen molar-refractivity contribution in [2.75, 3.05) is 5.32 Å². The Hall–Kier alpha value is -2.86. The number of nitrogens with zero attached hydrogens (tertiary/aromatic N) is 2. The summed E-state index contributed by atoms with van der Waals surface area (Å²) < 4.78 is 1.68. The van der Waals surface area contributed by atoms with Crippen molar-refractivity contribution in [1.82, 2.24) is 14.8 Å². The highest BCUT2D eigenvalue weighted by molar-refractivity contribution is 6.30. The molecule has 2 N–H and O–H groups in total. The van der Waals surface area contributed by atoms with Gasteiger partial charge in [-0.15, -0.1) is 0 Å². The maximum Gasteiger partial charge on any atom is 0.273 e. The second-order valence-electron chi connectivity index (χ2n) is 5.35. The molecule has 0 unspecified atom stereocenters. The summed E-state index contributed by atoms with van der Waals surface area (Å²) in [5.74, 6) is 0.174. The van der Waals surface area contributed by atoms with Crippen LogP contribution < -0.4 is 10.9 Å². The van der Waals surface area contributed by atoms with Crippen LogP contribution >= 0.6 is 11.6 Å². The molecule has 2 heterocycles. The summed E-state index contributed by atoms with van der Waals surface area (Å²) in [7, 11) is 0. The quantitative estimate of drug-likeness (QED) is 0.765. The van der Waals surface area contributed by atoms with Crippen LogP contribution in [0.5, 0.6) is 0 Å². The van der Waals surface area contributed by atoms with E-state index in [2.05, 4.69) is 15.4 Å². The summed E-state index contributed by atoms with van der Waals surface area (Å²) in [6, 6.07) is 11.9. The van der Waals surface area contributed by atoms with Crippen LogP contribution in [0.25, 0.3) is 0 Å². The number of hydrogen-bond acceptors (Lipinski definition) is 3. The fraction of sp³-hybridized carbons (Fsp3) is 0.118. The standard InChI is InChI=1S/C17H15ClN4O2/c1-11-9-19-22(10-12-4-2-5-13(18)8-12)16(11)21-17(24)14-6-3-7-15(23)20-14/h2-9H,10H2,1H3,(H,20,23)(H,21,24). The monoisotopic (exact) mass is 342 g/mol. The summed E-state index contributed by atoms with van der Waals surface area (Å²) in [5.41, 5.74) is 1.65. The first-order valence-electron chi connectivity index (χ1n) is 7.30. The van der Waals surface area contributed by atoms with E-state index in [4.69, 9.17) is 11.6 Å². The van der Waals surface area contributed by atoms with Gasteiger partial charge in [0, 0.05) is 16.7 Å². The third-order valence-electron chi connectivity index (χ3n) is 3.49. The van der Waals surface area contributed by atoms with Crippen molar-refractivity contribution >= 4 is 23.3 Å². The summed E-state index contributed by atoms with van der Waals surface area (Å²) in [5, 5.41) is 7.73. The average Bonchev–Trinajstić information content (AvgIpc) is 2.88. The highest BCUT2D eigenvalue weighted by atomic mass is 35.5. The summed E-state index contributed by atoms with van der Waals surface area (Å²) in [6.45, 7) is 2.32. The molecule has 122 valence electrons. The van der Waals surface area contributed by atoms with Gasteiger partial charge >= 0.3 is 0 Å². The van der Waals surface area contributed by atoms with Crippen molar-refractivity contribution in [1.29, 1.82) is 0 Å². The Bertz CT molecular complexity index is 946. The minimum Gasteiger partial charge on any atom is -0.318 e. The van der Waals surface area contributed by atoms with Crippen molar-refractivity contribution in [3.63, 3.8) is 0 Å².